The third-order valence-electron chi connectivity index (χ3n) is 4.09. The van der Waals surface area contributed by atoms with Gasteiger partial charge in [0.05, 0.1) is 39.6 Å². The van der Waals surface area contributed by atoms with Gasteiger partial charge in [-0.05, 0) is 6.07 Å². The Hall–Kier alpha value is -2.42. The van der Waals surface area contributed by atoms with Crippen molar-refractivity contribution < 1.29 is 33.3 Å². The van der Waals surface area contributed by atoms with Gasteiger partial charge in [-0.3, -0.25) is 9.59 Å². The van der Waals surface area contributed by atoms with E-state index in [4.69, 9.17) is 23.7 Å². The van der Waals surface area contributed by atoms with Gasteiger partial charge in [0.15, 0.2) is 5.92 Å². The van der Waals surface area contributed by atoms with Crippen molar-refractivity contribution in [2.24, 2.45) is 0 Å². The fraction of sp³-hybridized carbons (Fsp3) is 0.474. The lowest BCUT2D eigenvalue weighted by Crippen LogP contribution is -2.28. The second kappa shape index (κ2) is 10.1. The van der Waals surface area contributed by atoms with E-state index in [2.05, 4.69) is 4.98 Å². The van der Waals surface area contributed by atoms with Gasteiger partial charge in [-0.15, -0.1) is 0 Å². The molecule has 1 fully saturated rings. The molecule has 8 heteroatoms. The number of carbonyl (C=O) groups excluding carboxylic acids is 2. The van der Waals surface area contributed by atoms with Gasteiger partial charge in [-0.25, -0.2) is 0 Å². The van der Waals surface area contributed by atoms with E-state index in [1.165, 1.54) is 0 Å². The number of hydrogen-bond acceptors (Lipinski definition) is 7. The van der Waals surface area contributed by atoms with Crippen LogP contribution in [0.2, 0.25) is 0 Å². The number of hydrogen-bond donors (Lipinski definition) is 1. The van der Waals surface area contributed by atoms with E-state index in [0.29, 0.717) is 32.0 Å². The van der Waals surface area contributed by atoms with Gasteiger partial charge < -0.3 is 28.7 Å². The third-order valence-corrected chi connectivity index (χ3v) is 4.09. The molecule has 0 amide bonds. The molecule has 0 saturated carbocycles. The molecule has 8 nitrogen and oxygen atoms in total. The lowest BCUT2D eigenvalue weighted by Gasteiger charge is -2.16. The molecule has 2 heterocycles. The first kappa shape index (κ1) is 19.3. The van der Waals surface area contributed by atoms with Gasteiger partial charge in [0, 0.05) is 22.7 Å². The molecule has 146 valence electrons. The Morgan fingerprint density at radius 3 is 1.85 bits per heavy atom. The number of esters is 2. The highest BCUT2D eigenvalue weighted by Crippen LogP contribution is 2.27. The smallest absolute Gasteiger partial charge is 0.325 e. The molecule has 0 radical (unpaired) electrons. The Labute approximate surface area is 156 Å². The molecule has 3 rings (SSSR count). The zero-order valence-corrected chi connectivity index (χ0v) is 15.0. The maximum Gasteiger partial charge on any atom is 0.325 e. The van der Waals surface area contributed by atoms with Crippen molar-refractivity contribution in [2.75, 3.05) is 52.9 Å². The zero-order chi connectivity index (χ0) is 18.9. The maximum absolute atomic E-state index is 12.6. The van der Waals surface area contributed by atoms with Crippen LogP contribution < -0.4 is 0 Å². The fourth-order valence-electron chi connectivity index (χ4n) is 2.79. The minimum absolute atomic E-state index is 0.0497. The minimum Gasteiger partial charge on any atom is -0.462 e. The van der Waals surface area contributed by atoms with Gasteiger partial charge in [0.25, 0.3) is 0 Å². The van der Waals surface area contributed by atoms with Crippen LogP contribution >= 0.6 is 0 Å². The first-order valence-corrected chi connectivity index (χ1v) is 8.90. The van der Waals surface area contributed by atoms with Crippen molar-refractivity contribution in [3.8, 4) is 0 Å². The molecule has 1 N–H and O–H groups in total. The molecule has 27 heavy (non-hydrogen) atoms. The maximum atomic E-state index is 12.6. The van der Waals surface area contributed by atoms with Crippen LogP contribution in [0.1, 0.15) is 11.5 Å². The molecule has 1 aliphatic heterocycles. The van der Waals surface area contributed by atoms with Crippen LogP contribution in [0.4, 0.5) is 0 Å². The van der Waals surface area contributed by atoms with Crippen molar-refractivity contribution in [1.29, 1.82) is 0 Å². The summed E-state index contributed by atoms with van der Waals surface area (Å²) in [6.45, 7) is 2.20. The molecule has 2 aromatic rings. The summed E-state index contributed by atoms with van der Waals surface area (Å²) in [4.78, 5) is 28.3. The van der Waals surface area contributed by atoms with Gasteiger partial charge >= 0.3 is 11.9 Å². The Balaban J connectivity index is 1.76. The predicted octanol–water partition coefficient (Wildman–Crippen LogP) is 1.40. The molecule has 1 aromatic carbocycles. The number of para-hydroxylation sites is 1. The molecule has 0 spiro atoms. The Kier molecular flexibility index (Phi) is 7.20. The summed E-state index contributed by atoms with van der Waals surface area (Å²) >= 11 is 0. The summed E-state index contributed by atoms with van der Waals surface area (Å²) < 4.78 is 26.5. The van der Waals surface area contributed by atoms with Crippen LogP contribution in [-0.2, 0) is 33.3 Å². The van der Waals surface area contributed by atoms with Crippen molar-refractivity contribution in [2.45, 2.75) is 5.92 Å². The van der Waals surface area contributed by atoms with Crippen LogP contribution in [0.15, 0.2) is 30.5 Å². The third kappa shape index (κ3) is 5.29. The Morgan fingerprint density at radius 1 is 0.741 bits per heavy atom. The predicted molar refractivity (Wildman–Crippen MR) is 95.4 cm³/mol. The molecular formula is C19H23NO7. The summed E-state index contributed by atoms with van der Waals surface area (Å²) in [5, 5.41) is 0.774. The van der Waals surface area contributed by atoms with E-state index in [1.54, 1.807) is 6.20 Å². The second-order valence-electron chi connectivity index (χ2n) is 5.89. The number of benzene rings is 1. The van der Waals surface area contributed by atoms with Crippen LogP contribution in [0.3, 0.4) is 0 Å². The number of ether oxygens (including phenoxy) is 5. The zero-order valence-electron chi connectivity index (χ0n) is 15.0. The van der Waals surface area contributed by atoms with E-state index in [9.17, 15) is 9.59 Å². The lowest BCUT2D eigenvalue weighted by atomic mass is 9.98. The van der Waals surface area contributed by atoms with Gasteiger partial charge in [-0.1, -0.05) is 18.2 Å². The van der Waals surface area contributed by atoms with Gasteiger partial charge in [0.2, 0.25) is 0 Å². The lowest BCUT2D eigenvalue weighted by molar-refractivity contribution is -0.159. The summed E-state index contributed by atoms with van der Waals surface area (Å²) in [5.74, 6) is -2.51. The van der Waals surface area contributed by atoms with E-state index in [0.717, 1.165) is 10.9 Å². The van der Waals surface area contributed by atoms with Crippen LogP contribution in [-0.4, -0.2) is 69.8 Å². The van der Waals surface area contributed by atoms with Crippen LogP contribution in [0, 0.1) is 0 Å². The topological polar surface area (TPSA) is 96.1 Å². The highest BCUT2D eigenvalue weighted by Gasteiger charge is 2.33. The van der Waals surface area contributed by atoms with Crippen LogP contribution in [0.5, 0.6) is 0 Å². The quantitative estimate of drug-likeness (QED) is 0.593. The normalized spacial score (nSPS) is 19.6. The molecular weight excluding hydrogens is 354 g/mol. The molecule has 1 aromatic heterocycles. The SMILES string of the molecule is O=C1OCCOCCOCCOCCOC(=O)C1c1c[nH]c2ccccc12. The average Bonchev–Trinajstić information content (AvgIpc) is 3.09. The largest absolute Gasteiger partial charge is 0.462 e. The average molecular weight is 377 g/mol. The molecule has 0 aliphatic carbocycles. The highest BCUT2D eigenvalue weighted by molar-refractivity contribution is 6.04. The number of rotatable bonds is 1. The van der Waals surface area contributed by atoms with Crippen molar-refractivity contribution >= 4 is 22.8 Å². The number of carbonyl (C=O) groups is 2. The summed E-state index contributed by atoms with van der Waals surface area (Å²) in [6.07, 6.45) is 1.64. The standard InChI is InChI=1S/C19H23NO7/c21-18-17(15-13-20-16-4-2-1-3-14(15)16)19(22)27-12-10-25-8-6-23-5-7-24-9-11-26-18/h1-4,13,17,20H,5-12H2. The number of H-pyrrole nitrogens is 1. The van der Waals surface area contributed by atoms with E-state index < -0.39 is 17.9 Å². The van der Waals surface area contributed by atoms with Crippen molar-refractivity contribution in [1.82, 2.24) is 4.98 Å². The van der Waals surface area contributed by atoms with Gasteiger partial charge in [0.1, 0.15) is 13.2 Å². The van der Waals surface area contributed by atoms with Crippen molar-refractivity contribution in [3.63, 3.8) is 0 Å². The first-order valence-electron chi connectivity index (χ1n) is 8.90. The highest BCUT2D eigenvalue weighted by atomic mass is 16.6. The summed E-state index contributed by atoms with van der Waals surface area (Å²) in [5.41, 5.74) is 1.35. The fourth-order valence-corrected chi connectivity index (χ4v) is 2.79. The van der Waals surface area contributed by atoms with E-state index in [1.807, 2.05) is 24.3 Å². The van der Waals surface area contributed by atoms with E-state index >= 15 is 0 Å². The molecule has 1 saturated heterocycles. The summed E-state index contributed by atoms with van der Waals surface area (Å²) in [7, 11) is 0. The molecule has 0 atom stereocenters. The molecule has 0 unspecified atom stereocenters. The number of aromatic nitrogens is 1. The van der Waals surface area contributed by atoms with Gasteiger partial charge in [-0.2, -0.15) is 0 Å². The summed E-state index contributed by atoms with van der Waals surface area (Å²) in [6, 6.07) is 7.42. The molecule has 1 aliphatic rings. The molecule has 0 bridgehead atoms. The number of aromatic amines is 1. The van der Waals surface area contributed by atoms with Crippen molar-refractivity contribution in [3.05, 3.63) is 36.0 Å². The van der Waals surface area contributed by atoms with E-state index in [-0.39, 0.29) is 26.4 Å². The number of cyclic esters (lactones) is 2. The number of fused-ring (bicyclic) bond motifs is 1. The Morgan fingerprint density at radius 2 is 1.26 bits per heavy atom. The Bertz CT molecular complexity index is 731. The minimum atomic E-state index is -1.17. The second-order valence-corrected chi connectivity index (χ2v) is 5.89. The first-order chi connectivity index (χ1) is 13.3. The number of nitrogens with one attached hydrogen (secondary N) is 1. The van der Waals surface area contributed by atoms with Crippen LogP contribution in [0.25, 0.3) is 10.9 Å². The monoisotopic (exact) mass is 377 g/mol.